The van der Waals surface area contributed by atoms with Crippen LogP contribution in [0.5, 0.6) is 0 Å². The zero-order chi connectivity index (χ0) is 49.3. The zero-order valence-corrected chi connectivity index (χ0v) is 31.1. The summed E-state index contributed by atoms with van der Waals surface area (Å²) in [5, 5.41) is -7.58. The summed E-state index contributed by atoms with van der Waals surface area (Å²) in [5.41, 5.74) is 0. The molecule has 2 atom stereocenters. The van der Waals surface area contributed by atoms with Crippen LogP contribution in [0.4, 0.5) is 77.0 Å². The summed E-state index contributed by atoms with van der Waals surface area (Å²) in [4.78, 5) is 9.48. The summed E-state index contributed by atoms with van der Waals surface area (Å²) in [6.07, 6.45) is -18.7. The quantitative estimate of drug-likeness (QED) is 0.209. The van der Waals surface area contributed by atoms with Crippen LogP contribution in [0.1, 0.15) is 0 Å². The molecule has 0 saturated carbocycles. The van der Waals surface area contributed by atoms with Crippen molar-refractivity contribution in [1.82, 2.24) is 0 Å². The van der Waals surface area contributed by atoms with Crippen molar-refractivity contribution in [2.75, 3.05) is 0 Å². The highest BCUT2D eigenvalue weighted by molar-refractivity contribution is 8.07. The van der Waals surface area contributed by atoms with E-state index in [4.69, 9.17) is 25.3 Å². The molecule has 0 spiro atoms. The molecule has 2 saturated heterocycles. The molecular formula is C11H4F18O21S8. The van der Waals surface area contributed by atoms with Crippen LogP contribution < -0.4 is 0 Å². The molecule has 0 aromatic rings. The van der Waals surface area contributed by atoms with Gasteiger partial charge in [0.25, 0.3) is 6.08 Å². The summed E-state index contributed by atoms with van der Waals surface area (Å²) in [6.45, 7) is 4.42. The Bertz CT molecular complexity index is 2350. The Morgan fingerprint density at radius 3 is 0.828 bits per heavy atom. The Hall–Kier alpha value is -3.25. The largest absolute Gasteiger partial charge is 0.454 e. The van der Waals surface area contributed by atoms with Crippen LogP contribution in [0.25, 0.3) is 0 Å². The van der Waals surface area contributed by atoms with Gasteiger partial charge in [0.15, 0.2) is 0 Å². The van der Waals surface area contributed by atoms with Gasteiger partial charge in [-0.25, -0.2) is 4.39 Å². The van der Waals surface area contributed by atoms with Gasteiger partial charge in [-0.05, 0) is 13.2 Å². The Morgan fingerprint density at radius 1 is 0.569 bits per heavy atom. The third-order valence-corrected chi connectivity index (χ3v) is 11.9. The van der Waals surface area contributed by atoms with E-state index in [1.165, 1.54) is 0 Å². The highest BCUT2D eigenvalue weighted by Gasteiger charge is 2.90. The summed E-state index contributed by atoms with van der Waals surface area (Å²) < 4.78 is 370. The number of carbonyl (C=O) groups is 1. The first-order valence-corrected chi connectivity index (χ1v) is 20.5. The molecule has 47 heteroatoms. The number of hydrogen-bond donors (Lipinski definition) is 0. The average Bonchev–Trinajstić information content (AvgIpc) is 2.87. The van der Waals surface area contributed by atoms with E-state index >= 15 is 0 Å². The molecule has 2 fully saturated rings. The van der Waals surface area contributed by atoms with Gasteiger partial charge in [-0.2, -0.15) is 116 Å². The minimum Gasteiger partial charge on any atom is -0.255 e. The van der Waals surface area contributed by atoms with Crippen LogP contribution >= 0.6 is 0 Å². The average molecular weight is 1070 g/mol. The number of carbonyl (C=O) groups excluding carboxylic acids is 1. The van der Waals surface area contributed by atoms with Crippen LogP contribution in [-0.2, 0) is 95.5 Å². The van der Waals surface area contributed by atoms with E-state index in [0.29, 0.717) is 0 Å². The monoisotopic (exact) mass is 1070 g/mol. The van der Waals surface area contributed by atoms with Crippen LogP contribution in [0.2, 0.25) is 0 Å². The normalized spacial score (nSPS) is 22.2. The molecule has 2 aliphatic heterocycles. The maximum Gasteiger partial charge on any atom is 0.454 e. The maximum atomic E-state index is 12.5. The molecular weight excluding hydrogens is 1070 g/mol. The van der Waals surface area contributed by atoms with E-state index < -0.39 is 132 Å². The van der Waals surface area contributed by atoms with E-state index in [-0.39, 0.29) is 0 Å². The predicted octanol–water partition coefficient (Wildman–Crippen LogP) is 0.848. The Balaban J connectivity index is -0.000000199. The lowest BCUT2D eigenvalue weighted by Crippen LogP contribution is -2.71. The van der Waals surface area contributed by atoms with Crippen LogP contribution in [0.15, 0.2) is 24.4 Å². The minimum absolute atomic E-state index is 1.83. The van der Waals surface area contributed by atoms with Crippen molar-refractivity contribution < 1.29 is 166 Å². The fraction of sp³-hybridized carbons (Fsp3) is 0.545. The summed E-state index contributed by atoms with van der Waals surface area (Å²) >= 11 is 0. The van der Waals surface area contributed by atoms with E-state index in [1.807, 2.05) is 0 Å². The van der Waals surface area contributed by atoms with Gasteiger partial charge >= 0.3 is 120 Å². The number of rotatable bonds is 5. The first-order valence-electron chi connectivity index (χ1n) is 10.1. The third-order valence-electron chi connectivity index (χ3n) is 3.62. The zero-order valence-electron chi connectivity index (χ0n) is 24.6. The molecule has 58 heavy (non-hydrogen) atoms. The van der Waals surface area contributed by atoms with Crippen molar-refractivity contribution in [3.05, 3.63) is 24.4 Å². The summed E-state index contributed by atoms with van der Waals surface area (Å²) in [6, 6.07) is -3.81. The first-order chi connectivity index (χ1) is 24.5. The van der Waals surface area contributed by atoms with Crippen molar-refractivity contribution in [2.24, 2.45) is 0 Å². The van der Waals surface area contributed by atoms with Crippen molar-refractivity contribution >= 4 is 88.4 Å². The molecule has 2 aliphatic rings. The highest BCUT2D eigenvalue weighted by atomic mass is 32.3. The standard InChI is InChI=1S/C3F6O3S.2C2F4O5S2.C2H2F2O2S.C2H2F2.2O3S/c4-1(2(5,6)7)3(8,9)12-13(1,10)11;3-1(4)2(5,12(6,7)8)13(9,10)11-1;3-1(7)2(4,12(5,8)9)13(6,10)11;1-2(3)7(4,5)6;1-2(3)4;2*1-4(2)3/h;;;1H2;1H2;;. The molecule has 0 amide bonds. The second-order valence-electron chi connectivity index (χ2n) is 7.40. The molecule has 0 N–H and O–H groups in total. The molecule has 0 radical (unpaired) electrons. The van der Waals surface area contributed by atoms with E-state index in [1.54, 1.807) is 0 Å². The fourth-order valence-corrected chi connectivity index (χ4v) is 6.10. The van der Waals surface area contributed by atoms with E-state index in [0.717, 1.165) is 0 Å². The van der Waals surface area contributed by atoms with Gasteiger partial charge in [0.1, 0.15) is 0 Å². The van der Waals surface area contributed by atoms with Crippen LogP contribution in [-0.4, -0.2) is 114 Å². The lowest BCUT2D eigenvalue weighted by molar-refractivity contribution is -0.357. The topological polar surface area (TPSA) is 343 Å². The molecule has 0 aliphatic carbocycles. The van der Waals surface area contributed by atoms with Gasteiger partial charge in [0, 0.05) is 0 Å². The van der Waals surface area contributed by atoms with Crippen molar-refractivity contribution in [1.29, 1.82) is 0 Å². The Labute approximate surface area is 310 Å². The predicted molar refractivity (Wildman–Crippen MR) is 135 cm³/mol. The van der Waals surface area contributed by atoms with E-state index in [2.05, 4.69) is 21.5 Å². The lowest BCUT2D eigenvalue weighted by Gasteiger charge is -2.40. The molecule has 0 aromatic heterocycles. The number of alkyl halides is 10. The molecule has 21 nitrogen and oxygen atoms in total. The molecule has 2 unspecified atom stereocenters. The van der Waals surface area contributed by atoms with Crippen LogP contribution in [0.3, 0.4) is 0 Å². The Morgan fingerprint density at radius 2 is 0.793 bits per heavy atom. The summed E-state index contributed by atoms with van der Waals surface area (Å²) in [7, 11) is -43.4. The van der Waals surface area contributed by atoms with Gasteiger partial charge in [-0.15, -0.1) is 36.9 Å². The van der Waals surface area contributed by atoms with Crippen molar-refractivity contribution in [2.45, 2.75) is 32.1 Å². The molecule has 0 aromatic carbocycles. The molecule has 348 valence electrons. The van der Waals surface area contributed by atoms with Gasteiger partial charge in [-0.3, -0.25) is 4.79 Å². The second-order valence-corrected chi connectivity index (χ2v) is 17.6. The summed E-state index contributed by atoms with van der Waals surface area (Å²) in [5.74, 6) is 0. The molecule has 2 rings (SSSR count). The minimum atomic E-state index is -6.88. The first kappa shape index (κ1) is 63.9. The number of halogens is 18. The van der Waals surface area contributed by atoms with Gasteiger partial charge < -0.3 is 0 Å². The maximum absolute atomic E-state index is 12.5. The molecule has 2 heterocycles. The molecule has 0 bridgehead atoms. The van der Waals surface area contributed by atoms with Gasteiger partial charge in [0.2, 0.25) is 5.16 Å². The lowest BCUT2D eigenvalue weighted by atomic mass is 10.3. The second kappa shape index (κ2) is 20.3. The smallest absolute Gasteiger partial charge is 0.255 e. The SMILES string of the molecule is C=C(F)F.C=C(F)S(=O)(=O)F.O=C(F)C(F)(S(=O)(=O)F)S(=O)(=O)F.O=S(=O)(F)C1(F)C(F)(F)OS1(=O)=O.O=S(=O)=O.O=S(=O)=O.O=S1(=O)OC(F)(F)C1(F)C(F)(F)F. The highest BCUT2D eigenvalue weighted by Crippen LogP contribution is 2.58. The van der Waals surface area contributed by atoms with Gasteiger partial charge in [-0.1, -0.05) is 3.89 Å². The number of hydrogen-bond acceptors (Lipinski definition) is 21. The Kier molecular flexibility index (Phi) is 22.4. The van der Waals surface area contributed by atoms with Gasteiger partial charge in [0.05, 0.1) is 0 Å². The fourth-order valence-electron chi connectivity index (χ4n) is 1.59. The van der Waals surface area contributed by atoms with Crippen molar-refractivity contribution in [3.63, 3.8) is 0 Å². The third kappa shape index (κ3) is 16.4. The van der Waals surface area contributed by atoms with Crippen LogP contribution in [0, 0.1) is 0 Å². The van der Waals surface area contributed by atoms with Crippen molar-refractivity contribution in [3.8, 4) is 0 Å². The van der Waals surface area contributed by atoms with E-state index in [9.17, 15) is 132 Å².